The number of nitrogens with one attached hydrogen (secondary N) is 1. The molecule has 1 aliphatic heterocycles. The van der Waals surface area contributed by atoms with Gasteiger partial charge in [-0.3, -0.25) is 4.79 Å². The predicted octanol–water partition coefficient (Wildman–Crippen LogP) is 1.21. The monoisotopic (exact) mass is 348 g/mol. The zero-order chi connectivity index (χ0) is 15.5. The van der Waals surface area contributed by atoms with Gasteiger partial charge in [-0.2, -0.15) is 0 Å². The van der Waals surface area contributed by atoms with E-state index in [0.717, 1.165) is 6.26 Å². The van der Waals surface area contributed by atoms with E-state index in [0.29, 0.717) is 31.7 Å². The molecule has 0 atom stereocenters. The summed E-state index contributed by atoms with van der Waals surface area (Å²) in [4.78, 5) is 12.7. The highest BCUT2D eigenvalue weighted by atomic mass is 35.5. The number of carbonyl (C=O) groups excluding carboxylic acids is 1. The topological polar surface area (TPSA) is 98.5 Å². The number of carbonyl (C=O) groups is 1. The average molecular weight is 349 g/mol. The van der Waals surface area contributed by atoms with Crippen LogP contribution in [0, 0.1) is 5.41 Å². The second-order valence-corrected chi connectivity index (χ2v) is 7.37. The number of benzene rings is 1. The molecule has 2 rings (SSSR count). The van der Waals surface area contributed by atoms with Gasteiger partial charge in [0.2, 0.25) is 5.91 Å². The molecule has 0 radical (unpaired) electrons. The van der Waals surface area contributed by atoms with Gasteiger partial charge in [0.25, 0.3) is 0 Å². The van der Waals surface area contributed by atoms with Crippen molar-refractivity contribution in [2.24, 2.45) is 11.1 Å². The Kier molecular flexibility index (Phi) is 6.37. The maximum absolute atomic E-state index is 12.5. The first-order chi connectivity index (χ1) is 9.87. The van der Waals surface area contributed by atoms with E-state index in [1.54, 1.807) is 12.1 Å². The fraction of sp³-hybridized carbons (Fsp3) is 0.500. The van der Waals surface area contributed by atoms with E-state index in [9.17, 15) is 13.2 Å². The third-order valence-electron chi connectivity index (χ3n) is 3.84. The van der Waals surface area contributed by atoms with Crippen LogP contribution in [0.4, 0.5) is 5.69 Å². The summed E-state index contributed by atoms with van der Waals surface area (Å²) in [6.45, 7) is 1.26. The van der Waals surface area contributed by atoms with Crippen molar-refractivity contribution >= 4 is 33.8 Å². The molecule has 0 bridgehead atoms. The molecule has 0 unspecified atom stereocenters. The molecule has 0 saturated carbocycles. The Morgan fingerprint density at radius 3 is 2.55 bits per heavy atom. The number of anilines is 1. The molecule has 0 aliphatic carbocycles. The molecule has 1 aliphatic rings. The van der Waals surface area contributed by atoms with Gasteiger partial charge in [-0.05, 0) is 31.0 Å². The van der Waals surface area contributed by atoms with Crippen molar-refractivity contribution in [2.45, 2.75) is 17.7 Å². The van der Waals surface area contributed by atoms with Crippen LogP contribution in [0.3, 0.4) is 0 Å². The van der Waals surface area contributed by atoms with E-state index < -0.39 is 15.3 Å². The quantitative estimate of drug-likeness (QED) is 0.852. The maximum atomic E-state index is 12.5. The molecule has 22 heavy (non-hydrogen) atoms. The third kappa shape index (κ3) is 4.19. The molecule has 1 aromatic carbocycles. The van der Waals surface area contributed by atoms with Crippen LogP contribution in [0.25, 0.3) is 0 Å². The minimum absolute atomic E-state index is 0. The average Bonchev–Trinajstić information content (AvgIpc) is 2.47. The highest BCUT2D eigenvalue weighted by Gasteiger charge is 2.38. The molecule has 3 N–H and O–H groups in total. The minimum atomic E-state index is -3.30. The van der Waals surface area contributed by atoms with E-state index in [1.165, 1.54) is 12.1 Å². The Morgan fingerprint density at radius 2 is 2.00 bits per heavy atom. The van der Waals surface area contributed by atoms with Crippen molar-refractivity contribution in [3.8, 4) is 0 Å². The Balaban J connectivity index is 0.00000242. The molecular weight excluding hydrogens is 328 g/mol. The smallest absolute Gasteiger partial charge is 0.232 e. The maximum Gasteiger partial charge on any atom is 0.232 e. The van der Waals surface area contributed by atoms with Crippen LogP contribution in [0.2, 0.25) is 0 Å². The Labute approximate surface area is 136 Å². The SMILES string of the molecule is CS(=O)(=O)c1cccc(NC(=O)C2(CN)CCOCC2)c1.Cl. The third-order valence-corrected chi connectivity index (χ3v) is 4.95. The van der Waals surface area contributed by atoms with Crippen LogP contribution in [0.1, 0.15) is 12.8 Å². The van der Waals surface area contributed by atoms with Gasteiger partial charge >= 0.3 is 0 Å². The zero-order valence-corrected chi connectivity index (χ0v) is 14.0. The first kappa shape index (κ1) is 18.9. The lowest BCUT2D eigenvalue weighted by atomic mass is 9.79. The number of sulfone groups is 1. The fourth-order valence-electron chi connectivity index (χ4n) is 2.35. The summed E-state index contributed by atoms with van der Waals surface area (Å²) >= 11 is 0. The van der Waals surface area contributed by atoms with Crippen LogP contribution >= 0.6 is 12.4 Å². The second-order valence-electron chi connectivity index (χ2n) is 5.35. The number of halogens is 1. The lowest BCUT2D eigenvalue weighted by molar-refractivity contribution is -0.130. The molecule has 1 saturated heterocycles. The highest BCUT2D eigenvalue weighted by Crippen LogP contribution is 2.31. The molecule has 124 valence electrons. The summed E-state index contributed by atoms with van der Waals surface area (Å²) in [5, 5.41) is 2.78. The van der Waals surface area contributed by atoms with Crippen LogP contribution in [0.15, 0.2) is 29.2 Å². The fourth-order valence-corrected chi connectivity index (χ4v) is 3.02. The van der Waals surface area contributed by atoms with E-state index in [-0.39, 0.29) is 29.8 Å². The Bertz CT molecular complexity index is 627. The summed E-state index contributed by atoms with van der Waals surface area (Å²) in [5.74, 6) is -0.182. The second kappa shape index (κ2) is 7.41. The van der Waals surface area contributed by atoms with Crippen molar-refractivity contribution in [3.63, 3.8) is 0 Å². The van der Waals surface area contributed by atoms with Crippen molar-refractivity contribution in [2.75, 3.05) is 31.3 Å². The summed E-state index contributed by atoms with van der Waals surface area (Å²) in [6, 6.07) is 6.22. The largest absolute Gasteiger partial charge is 0.381 e. The van der Waals surface area contributed by atoms with Gasteiger partial charge in [0.15, 0.2) is 9.84 Å². The molecule has 0 spiro atoms. The Morgan fingerprint density at radius 1 is 1.36 bits per heavy atom. The lowest BCUT2D eigenvalue weighted by Crippen LogP contribution is -2.46. The summed E-state index contributed by atoms with van der Waals surface area (Å²) in [5.41, 5.74) is 5.60. The van der Waals surface area contributed by atoms with Crippen molar-refractivity contribution in [1.29, 1.82) is 0 Å². The van der Waals surface area contributed by atoms with E-state index >= 15 is 0 Å². The lowest BCUT2D eigenvalue weighted by Gasteiger charge is -2.34. The van der Waals surface area contributed by atoms with Gasteiger partial charge in [-0.15, -0.1) is 12.4 Å². The van der Waals surface area contributed by atoms with Gasteiger partial charge in [0.05, 0.1) is 10.3 Å². The van der Waals surface area contributed by atoms with E-state index in [4.69, 9.17) is 10.5 Å². The number of hydrogen-bond donors (Lipinski definition) is 2. The van der Waals surface area contributed by atoms with Gasteiger partial charge < -0.3 is 15.8 Å². The first-order valence-corrected chi connectivity index (χ1v) is 8.66. The molecule has 8 heteroatoms. The first-order valence-electron chi connectivity index (χ1n) is 6.77. The van der Waals surface area contributed by atoms with Gasteiger partial charge in [-0.25, -0.2) is 8.42 Å². The van der Waals surface area contributed by atoms with Crippen molar-refractivity contribution < 1.29 is 17.9 Å². The molecule has 6 nitrogen and oxygen atoms in total. The summed E-state index contributed by atoms with van der Waals surface area (Å²) in [6.07, 6.45) is 2.27. The summed E-state index contributed by atoms with van der Waals surface area (Å²) < 4.78 is 28.4. The van der Waals surface area contributed by atoms with Crippen LogP contribution in [-0.4, -0.2) is 40.3 Å². The minimum Gasteiger partial charge on any atom is -0.381 e. The van der Waals surface area contributed by atoms with Crippen molar-refractivity contribution in [3.05, 3.63) is 24.3 Å². The zero-order valence-electron chi connectivity index (χ0n) is 12.4. The Hall–Kier alpha value is -1.15. The van der Waals surface area contributed by atoms with Crippen LogP contribution in [-0.2, 0) is 19.4 Å². The van der Waals surface area contributed by atoms with E-state index in [2.05, 4.69) is 5.32 Å². The standard InChI is InChI=1S/C14H20N2O4S.ClH/c1-21(18,19)12-4-2-3-11(9-12)16-13(17)14(10-15)5-7-20-8-6-14;/h2-4,9H,5-8,10,15H2,1H3,(H,16,17);1H. The normalized spacial score (nSPS) is 17.4. The molecule has 1 aromatic rings. The molecular formula is C14H21ClN2O4S. The van der Waals surface area contributed by atoms with Gasteiger partial charge in [0, 0.05) is 31.7 Å². The summed E-state index contributed by atoms with van der Waals surface area (Å²) in [7, 11) is -3.30. The van der Waals surface area contributed by atoms with Gasteiger partial charge in [-0.1, -0.05) is 6.07 Å². The molecule has 1 heterocycles. The van der Waals surface area contributed by atoms with Crippen LogP contribution < -0.4 is 11.1 Å². The number of rotatable bonds is 4. The number of ether oxygens (including phenoxy) is 1. The van der Waals surface area contributed by atoms with Crippen molar-refractivity contribution in [1.82, 2.24) is 0 Å². The highest BCUT2D eigenvalue weighted by molar-refractivity contribution is 7.90. The van der Waals surface area contributed by atoms with Gasteiger partial charge in [0.1, 0.15) is 0 Å². The number of hydrogen-bond acceptors (Lipinski definition) is 5. The van der Waals surface area contributed by atoms with Crippen LogP contribution in [0.5, 0.6) is 0 Å². The number of amides is 1. The molecule has 0 aromatic heterocycles. The predicted molar refractivity (Wildman–Crippen MR) is 87.0 cm³/mol. The molecule has 1 amide bonds. The molecule has 1 fully saturated rings. The number of nitrogens with two attached hydrogens (primary N) is 1. The van der Waals surface area contributed by atoms with E-state index in [1.807, 2.05) is 0 Å².